The van der Waals surface area contributed by atoms with Crippen LogP contribution in [0.3, 0.4) is 0 Å². The van der Waals surface area contributed by atoms with Gasteiger partial charge >= 0.3 is 0 Å². The summed E-state index contributed by atoms with van der Waals surface area (Å²) in [6, 6.07) is 8.47. The van der Waals surface area contributed by atoms with Crippen molar-refractivity contribution in [1.29, 1.82) is 0 Å². The van der Waals surface area contributed by atoms with Crippen molar-refractivity contribution in [3.8, 4) is 11.5 Å². The van der Waals surface area contributed by atoms with Gasteiger partial charge in [0.1, 0.15) is 5.56 Å². The molecule has 9 heteroatoms. The number of likely N-dealkylation sites (N-methyl/N-ethyl adjacent to an activating group) is 1. The Hall–Kier alpha value is -3.33. The number of carbonyl (C=O) groups excluding carboxylic acids is 2. The van der Waals surface area contributed by atoms with Gasteiger partial charge in [0.15, 0.2) is 11.5 Å². The SMILES string of the molecule is CNC(=O)C1CCCN1Cc1ccc(C(=O)NCc2ccc3c(c2)OCO3)c(=O)[nH]1. The third-order valence-electron chi connectivity index (χ3n) is 5.39. The second-order valence-electron chi connectivity index (χ2n) is 7.34. The van der Waals surface area contributed by atoms with E-state index in [-0.39, 0.29) is 30.9 Å². The minimum Gasteiger partial charge on any atom is -0.454 e. The molecular formula is C21H24N4O5. The number of nitrogens with zero attached hydrogens (tertiary/aromatic N) is 1. The van der Waals surface area contributed by atoms with Crippen molar-refractivity contribution in [2.45, 2.75) is 32.0 Å². The quantitative estimate of drug-likeness (QED) is 0.645. The third-order valence-corrected chi connectivity index (χ3v) is 5.39. The van der Waals surface area contributed by atoms with Crippen LogP contribution in [0.15, 0.2) is 35.1 Å². The molecule has 158 valence electrons. The standard InChI is InChI=1S/C21H24N4O5/c1-22-21(28)16-3-2-8-25(16)11-14-5-6-15(20(27)24-14)19(26)23-10-13-4-7-17-18(9-13)30-12-29-17/h4-7,9,16H,2-3,8,10-12H2,1H3,(H,22,28)(H,23,26)(H,24,27). The number of benzene rings is 1. The summed E-state index contributed by atoms with van der Waals surface area (Å²) < 4.78 is 10.6. The summed E-state index contributed by atoms with van der Waals surface area (Å²) >= 11 is 0. The number of rotatable bonds is 6. The van der Waals surface area contributed by atoms with Crippen LogP contribution in [0, 0.1) is 0 Å². The Bertz CT molecular complexity index is 1020. The van der Waals surface area contributed by atoms with Crippen molar-refractivity contribution in [3.05, 3.63) is 57.5 Å². The molecule has 2 aliphatic rings. The first-order chi connectivity index (χ1) is 14.5. The van der Waals surface area contributed by atoms with Crippen LogP contribution in [0.4, 0.5) is 0 Å². The molecule has 0 spiro atoms. The predicted octanol–water partition coefficient (Wildman–Crippen LogP) is 0.744. The highest BCUT2D eigenvalue weighted by Gasteiger charge is 2.30. The number of pyridine rings is 1. The minimum atomic E-state index is -0.454. The number of likely N-dealkylation sites (tertiary alicyclic amines) is 1. The van der Waals surface area contributed by atoms with Crippen LogP contribution in [-0.4, -0.2) is 48.1 Å². The van der Waals surface area contributed by atoms with E-state index in [4.69, 9.17) is 9.47 Å². The van der Waals surface area contributed by atoms with Crippen LogP contribution >= 0.6 is 0 Å². The van der Waals surface area contributed by atoms with Gasteiger partial charge in [0.05, 0.1) is 6.04 Å². The van der Waals surface area contributed by atoms with Gasteiger partial charge in [-0.3, -0.25) is 19.3 Å². The number of aromatic nitrogens is 1. The van der Waals surface area contributed by atoms with Crippen LogP contribution in [0.2, 0.25) is 0 Å². The maximum atomic E-state index is 12.5. The lowest BCUT2D eigenvalue weighted by Gasteiger charge is -2.22. The molecule has 0 saturated carbocycles. The summed E-state index contributed by atoms with van der Waals surface area (Å²) in [7, 11) is 1.62. The lowest BCUT2D eigenvalue weighted by Crippen LogP contribution is -2.41. The fraction of sp³-hybridized carbons (Fsp3) is 0.381. The Labute approximate surface area is 173 Å². The molecule has 1 aromatic carbocycles. The topological polar surface area (TPSA) is 113 Å². The van der Waals surface area contributed by atoms with Gasteiger partial charge in [-0.1, -0.05) is 6.07 Å². The largest absolute Gasteiger partial charge is 0.454 e. The lowest BCUT2D eigenvalue weighted by molar-refractivity contribution is -0.125. The zero-order valence-corrected chi connectivity index (χ0v) is 16.7. The van der Waals surface area contributed by atoms with E-state index in [1.165, 1.54) is 6.07 Å². The van der Waals surface area contributed by atoms with E-state index in [1.807, 2.05) is 11.0 Å². The van der Waals surface area contributed by atoms with Gasteiger partial charge in [-0.2, -0.15) is 0 Å². The summed E-state index contributed by atoms with van der Waals surface area (Å²) in [6.07, 6.45) is 1.73. The molecule has 9 nitrogen and oxygen atoms in total. The summed E-state index contributed by atoms with van der Waals surface area (Å²) in [5, 5.41) is 5.43. The number of nitrogens with one attached hydrogen (secondary N) is 3. The van der Waals surface area contributed by atoms with Gasteiger partial charge in [-0.05, 0) is 49.2 Å². The van der Waals surface area contributed by atoms with Crippen LogP contribution in [-0.2, 0) is 17.9 Å². The van der Waals surface area contributed by atoms with E-state index >= 15 is 0 Å². The zero-order chi connectivity index (χ0) is 21.1. The fourth-order valence-corrected chi connectivity index (χ4v) is 3.81. The first-order valence-corrected chi connectivity index (χ1v) is 9.89. The lowest BCUT2D eigenvalue weighted by atomic mass is 10.1. The van der Waals surface area contributed by atoms with Gasteiger partial charge in [0.25, 0.3) is 11.5 Å². The monoisotopic (exact) mass is 412 g/mol. The average molecular weight is 412 g/mol. The number of fused-ring (bicyclic) bond motifs is 1. The number of aromatic amines is 1. The molecule has 0 radical (unpaired) electrons. The number of hydrogen-bond donors (Lipinski definition) is 3. The van der Waals surface area contributed by atoms with Crippen LogP contribution in [0.25, 0.3) is 0 Å². The second kappa shape index (κ2) is 8.58. The first kappa shape index (κ1) is 20.0. The number of H-pyrrole nitrogens is 1. The smallest absolute Gasteiger partial charge is 0.261 e. The fourth-order valence-electron chi connectivity index (χ4n) is 3.81. The maximum absolute atomic E-state index is 12.5. The van der Waals surface area contributed by atoms with Gasteiger partial charge in [-0.25, -0.2) is 0 Å². The average Bonchev–Trinajstić information content (AvgIpc) is 3.40. The van der Waals surface area contributed by atoms with Crippen molar-refractivity contribution < 1.29 is 19.1 Å². The molecule has 1 saturated heterocycles. The molecule has 2 aromatic rings. The molecular weight excluding hydrogens is 388 g/mol. The van der Waals surface area contributed by atoms with E-state index < -0.39 is 11.5 Å². The van der Waals surface area contributed by atoms with Crippen LogP contribution in [0.1, 0.15) is 34.5 Å². The van der Waals surface area contributed by atoms with Gasteiger partial charge < -0.3 is 25.1 Å². The van der Waals surface area contributed by atoms with E-state index in [9.17, 15) is 14.4 Å². The number of hydrogen-bond acceptors (Lipinski definition) is 6. The highest BCUT2D eigenvalue weighted by molar-refractivity contribution is 5.93. The Morgan fingerprint density at radius 3 is 2.83 bits per heavy atom. The van der Waals surface area contributed by atoms with Gasteiger partial charge in [0.2, 0.25) is 12.7 Å². The molecule has 0 aliphatic carbocycles. The normalized spacial score (nSPS) is 17.7. The van der Waals surface area contributed by atoms with E-state index in [1.54, 1.807) is 25.2 Å². The zero-order valence-electron chi connectivity index (χ0n) is 16.7. The van der Waals surface area contributed by atoms with E-state index in [0.29, 0.717) is 23.7 Å². The molecule has 2 aliphatic heterocycles. The van der Waals surface area contributed by atoms with Gasteiger partial charge in [0, 0.05) is 25.8 Å². The molecule has 3 heterocycles. The highest BCUT2D eigenvalue weighted by Crippen LogP contribution is 2.32. The first-order valence-electron chi connectivity index (χ1n) is 9.89. The summed E-state index contributed by atoms with van der Waals surface area (Å²) in [6.45, 7) is 1.69. The number of ether oxygens (including phenoxy) is 2. The van der Waals surface area contributed by atoms with E-state index in [2.05, 4.69) is 15.6 Å². The Morgan fingerprint density at radius 2 is 2.03 bits per heavy atom. The van der Waals surface area contributed by atoms with Crippen molar-refractivity contribution in [3.63, 3.8) is 0 Å². The van der Waals surface area contributed by atoms with Crippen LogP contribution < -0.4 is 25.7 Å². The molecule has 4 rings (SSSR count). The number of amides is 2. The molecule has 1 aromatic heterocycles. The molecule has 2 amide bonds. The van der Waals surface area contributed by atoms with Crippen molar-refractivity contribution in [1.82, 2.24) is 20.5 Å². The van der Waals surface area contributed by atoms with Crippen molar-refractivity contribution in [2.24, 2.45) is 0 Å². The minimum absolute atomic E-state index is 0.0191. The summed E-state index contributed by atoms with van der Waals surface area (Å²) in [4.78, 5) is 41.7. The third kappa shape index (κ3) is 4.16. The van der Waals surface area contributed by atoms with Gasteiger partial charge in [-0.15, -0.1) is 0 Å². The molecule has 1 unspecified atom stereocenters. The van der Waals surface area contributed by atoms with Crippen molar-refractivity contribution >= 4 is 11.8 Å². The van der Waals surface area contributed by atoms with E-state index in [0.717, 1.165) is 24.9 Å². The Balaban J connectivity index is 1.38. The maximum Gasteiger partial charge on any atom is 0.261 e. The predicted molar refractivity (Wildman–Crippen MR) is 108 cm³/mol. The Morgan fingerprint density at radius 1 is 1.20 bits per heavy atom. The molecule has 3 N–H and O–H groups in total. The number of carbonyl (C=O) groups is 2. The molecule has 1 atom stereocenters. The molecule has 0 bridgehead atoms. The van der Waals surface area contributed by atoms with Crippen molar-refractivity contribution in [2.75, 3.05) is 20.4 Å². The summed E-state index contributed by atoms with van der Waals surface area (Å²) in [5.74, 6) is 0.842. The summed E-state index contributed by atoms with van der Waals surface area (Å²) in [5.41, 5.74) is 1.10. The van der Waals surface area contributed by atoms with Crippen LogP contribution in [0.5, 0.6) is 11.5 Å². The molecule has 1 fully saturated rings. The molecule has 30 heavy (non-hydrogen) atoms. The second-order valence-corrected chi connectivity index (χ2v) is 7.34. The highest BCUT2D eigenvalue weighted by atomic mass is 16.7. The Kier molecular flexibility index (Phi) is 5.71.